The summed E-state index contributed by atoms with van der Waals surface area (Å²) < 4.78 is 0. The highest BCUT2D eigenvalue weighted by Crippen LogP contribution is 2.50. The van der Waals surface area contributed by atoms with Gasteiger partial charge in [-0.1, -0.05) is 122 Å². The number of nitrogens with one attached hydrogen (secondary N) is 6. The van der Waals surface area contributed by atoms with Gasteiger partial charge < -0.3 is 52.7 Å². The molecule has 14 aromatic rings. The number of fused-ring (bicyclic) bond motifs is 18. The highest BCUT2D eigenvalue weighted by atomic mass is 32.1. The summed E-state index contributed by atoms with van der Waals surface area (Å²) in [5.74, 6) is 9.39. The van der Waals surface area contributed by atoms with Crippen molar-refractivity contribution in [3.63, 3.8) is 0 Å². The fourth-order valence-electron chi connectivity index (χ4n) is 25.7. The molecule has 12 aromatic heterocycles. The Hall–Kier alpha value is -8.76. The maximum absolute atomic E-state index is 9.89. The van der Waals surface area contributed by atoms with Crippen LogP contribution in [0.1, 0.15) is 303 Å². The second-order valence-corrected chi connectivity index (χ2v) is 54.2. The lowest BCUT2D eigenvalue weighted by molar-refractivity contribution is 0.124. The molecular formula is C119H160N22O2S6. The van der Waals surface area contributed by atoms with Crippen molar-refractivity contribution in [1.29, 1.82) is 0 Å². The van der Waals surface area contributed by atoms with Crippen molar-refractivity contribution in [3.05, 3.63) is 172 Å². The molecule has 26 rings (SSSR count). The lowest BCUT2D eigenvalue weighted by Gasteiger charge is -2.33. The molecule has 10 N–H and O–H groups in total. The van der Waals surface area contributed by atoms with Crippen LogP contribution in [-0.2, 0) is 90.1 Å². The molecule has 2 saturated heterocycles. The van der Waals surface area contributed by atoms with Crippen LogP contribution in [0.4, 0.5) is 34.9 Å². The molecule has 6 fully saturated rings. The summed E-state index contributed by atoms with van der Waals surface area (Å²) in [5, 5.41) is 49.6. The van der Waals surface area contributed by atoms with Gasteiger partial charge in [-0.15, -0.1) is 68.0 Å². The number of benzene rings is 2. The Morgan fingerprint density at radius 2 is 0.678 bits per heavy atom. The monoisotopic (exact) mass is 2120 g/mol. The molecule has 4 unspecified atom stereocenters. The third-order valence-electron chi connectivity index (χ3n) is 34.8. The molecule has 30 heteroatoms. The molecule has 10 aliphatic carbocycles. The first kappa shape index (κ1) is 106. The van der Waals surface area contributed by atoms with E-state index in [1.165, 1.54) is 259 Å². The van der Waals surface area contributed by atoms with E-state index >= 15 is 0 Å². The molecule has 794 valence electrons. The van der Waals surface area contributed by atoms with Gasteiger partial charge in [-0.2, -0.15) is 0 Å². The molecule has 0 spiro atoms. The molecule has 2 aliphatic heterocycles. The van der Waals surface area contributed by atoms with Crippen LogP contribution in [-0.4, -0.2) is 186 Å². The van der Waals surface area contributed by atoms with Crippen molar-refractivity contribution in [2.24, 2.45) is 40.2 Å². The second-order valence-electron chi connectivity index (χ2n) is 47.7. The van der Waals surface area contributed by atoms with E-state index in [0.717, 1.165) is 226 Å². The Kier molecular flexibility index (Phi) is 34.2. The van der Waals surface area contributed by atoms with Gasteiger partial charge >= 0.3 is 0 Å². The van der Waals surface area contributed by atoms with E-state index in [0.29, 0.717) is 53.1 Å². The predicted molar refractivity (Wildman–Crippen MR) is 623 cm³/mol. The van der Waals surface area contributed by atoms with Gasteiger partial charge in [0.25, 0.3) is 0 Å². The maximum Gasteiger partial charge on any atom is 0.138 e. The summed E-state index contributed by atoms with van der Waals surface area (Å²) in [7, 11) is 4.40. The lowest BCUT2D eigenvalue weighted by Crippen LogP contribution is -2.38. The number of likely N-dealkylation sites (tertiary alicyclic amines) is 2. The van der Waals surface area contributed by atoms with Crippen LogP contribution in [0, 0.1) is 34.5 Å². The van der Waals surface area contributed by atoms with Gasteiger partial charge in [0, 0.05) is 117 Å². The number of aliphatic hydroxyl groups excluding tert-OH is 2. The first-order valence-electron chi connectivity index (χ1n) is 56.8. The second kappa shape index (κ2) is 48.1. The third-order valence-corrected chi connectivity index (χ3v) is 41.9. The van der Waals surface area contributed by atoms with Crippen molar-refractivity contribution in [2.75, 3.05) is 72.2 Å². The number of anilines is 6. The summed E-state index contributed by atoms with van der Waals surface area (Å²) in [6, 6.07) is 25.5. The minimum absolute atomic E-state index is 0.113. The lowest BCUT2D eigenvalue weighted by atomic mass is 9.76. The predicted octanol–water partition coefficient (Wildman–Crippen LogP) is 25.6. The number of nitrogens with two attached hydrogens (primary N) is 1. The topological polar surface area (TPSA) is 303 Å². The van der Waals surface area contributed by atoms with E-state index in [2.05, 4.69) is 237 Å². The molecule has 4 saturated carbocycles. The fraction of sp³-hybridized carbons (Fsp3) is 0.597. The molecule has 0 amide bonds. The number of aromatic nitrogens is 12. The van der Waals surface area contributed by atoms with Crippen LogP contribution in [0.2, 0.25) is 0 Å². The number of piperidine rings is 2. The van der Waals surface area contributed by atoms with Gasteiger partial charge in [0.15, 0.2) is 0 Å². The first-order chi connectivity index (χ1) is 72.4. The fourth-order valence-corrected chi connectivity index (χ4v) is 33.1. The Labute approximate surface area is 906 Å². The van der Waals surface area contributed by atoms with E-state index in [4.69, 9.17) is 5.73 Å². The molecular weight excluding hydrogens is 1960 g/mol. The van der Waals surface area contributed by atoms with Crippen LogP contribution in [0.3, 0.4) is 0 Å². The highest BCUT2D eigenvalue weighted by Gasteiger charge is 2.38. The van der Waals surface area contributed by atoms with Gasteiger partial charge in [-0.3, -0.25) is 9.80 Å². The largest absolute Gasteiger partial charge is 0.393 e. The maximum atomic E-state index is 9.89. The molecule has 6 atom stereocenters. The molecule has 2 aromatic carbocycles. The normalized spacial score (nSPS) is 24.9. The van der Waals surface area contributed by atoms with Gasteiger partial charge in [-0.25, -0.2) is 59.8 Å². The van der Waals surface area contributed by atoms with E-state index in [1.54, 1.807) is 42.8 Å². The Balaban J connectivity index is 0.000000105. The summed E-state index contributed by atoms with van der Waals surface area (Å²) >= 11 is 11.2. The highest BCUT2D eigenvalue weighted by molar-refractivity contribution is 7.20. The van der Waals surface area contributed by atoms with Crippen molar-refractivity contribution in [1.82, 2.24) is 74.5 Å². The zero-order valence-electron chi connectivity index (χ0n) is 89.8. The number of hydrogen-bond donors (Lipinski definition) is 9. The zero-order chi connectivity index (χ0) is 102. The van der Waals surface area contributed by atoms with E-state index < -0.39 is 0 Å². The molecule has 0 radical (unpaired) electrons. The Morgan fingerprint density at radius 1 is 0.342 bits per heavy atom. The van der Waals surface area contributed by atoms with Gasteiger partial charge in [0.05, 0.1) is 44.5 Å². The summed E-state index contributed by atoms with van der Waals surface area (Å²) in [6.07, 6.45) is 55.1. The van der Waals surface area contributed by atoms with Gasteiger partial charge in [-0.05, 0) is 337 Å². The van der Waals surface area contributed by atoms with Crippen LogP contribution in [0.25, 0.3) is 61.3 Å². The Morgan fingerprint density at radius 3 is 1.07 bits per heavy atom. The minimum atomic E-state index is -0.167. The standard InChI is InChI=1S/C24H30N4S.C23H28N4S.C20H30N4S.C18H26N4S.2C17H23N3OS/c1-2-17-8-9-20-21(14-17)29-24-22(20)23(25-16-26-24)27-19-10-12-28(13-11-19)15-18-6-4-3-5-7-18;1-16-7-8-19-20(13-16)28-23-21(19)22(24-15-25-23)26-18-9-11-27(12-10-18)14-17-5-3-2-4-6-17;1-20(2)10-9-16-15(11-20)17-18(21-12-22-19(17)25-16)23-13-5-7-14(8-6-13)24(3)4;1-18(2)8-7-14-13(9-18)15-16(20-10-21-17(15)23-14)22-12-5-3-11(19)4-6-12;1-10-2-7-14-13(8-10)15-16(18-9-19-17(15)22-14)20-11-3-5-12(21)6-4-11;1-10-5-6-14-13(7-10)15-16(18-9-19-17(15)22-14)20-11-3-2-4-12(21)8-11/h3-7,16-17,19H,2,8-15H2,1H3,(H,25,26,27);2-6,15-16,18H,7-14H2,1H3,(H,24,25,26);12-14H,5-11H2,1-4H3,(H,21,22,23);10-12H,3-9,19H2,1-2H3,(H,20,21,22);2*9-12,21H,2-8H2,1H3,(H,18,19,20)/t;;;;10-,11?,12?;10?,11-,12?/m....10/s1. The van der Waals surface area contributed by atoms with Crippen molar-refractivity contribution < 1.29 is 10.2 Å². The van der Waals surface area contributed by atoms with Crippen molar-refractivity contribution in [2.45, 2.75) is 379 Å². The molecule has 0 bridgehead atoms. The van der Waals surface area contributed by atoms with Crippen LogP contribution >= 0.6 is 68.0 Å². The minimum Gasteiger partial charge on any atom is -0.393 e. The summed E-state index contributed by atoms with van der Waals surface area (Å²) in [5.41, 5.74) is 18.6. The SMILES string of the molecule is CC1(C)CCc2sc3ncnc(NC4CCC(N)CC4)c3c2C1.CC1CCc2c(sc3ncnc(NC4CCN(Cc5ccccc5)CC4)c23)C1.CC1CCc2sc3ncnc(N[C@H]4CCCC(O)C4)c3c2C1.CCC1CCc2c(sc3ncnc(NC4CCN(Cc5ccccc5)CC4)c23)C1.CN(C)C1CCC(Nc2ncnc3sc4c(c23)CC(C)(C)CC4)CC1.C[C@@H]1CCc2sc3ncnc(NC4CCC(O)CC4)c3c2C1. The average Bonchev–Trinajstić information content (AvgIpc) is 1.62. The first-order valence-corrected chi connectivity index (χ1v) is 61.7. The van der Waals surface area contributed by atoms with E-state index in [9.17, 15) is 10.2 Å². The number of rotatable bonds is 18. The van der Waals surface area contributed by atoms with E-state index in [1.807, 2.05) is 68.0 Å². The summed E-state index contributed by atoms with van der Waals surface area (Å²) in [4.78, 5) is 78.6. The number of aliphatic hydroxyl groups is 2. The van der Waals surface area contributed by atoms with Crippen LogP contribution in [0.15, 0.2) is 98.6 Å². The Bertz CT molecular complexity index is 6810. The number of hydrogen-bond acceptors (Lipinski definition) is 30. The molecule has 149 heavy (non-hydrogen) atoms. The average molecular weight is 2120 g/mol. The zero-order valence-corrected chi connectivity index (χ0v) is 94.7. The van der Waals surface area contributed by atoms with Gasteiger partial charge in [0.1, 0.15) is 102 Å². The molecule has 12 aliphatic rings. The third kappa shape index (κ3) is 25.7. The number of thiophene rings is 6. The molecule has 24 nitrogen and oxygen atoms in total. The summed E-state index contributed by atoms with van der Waals surface area (Å²) in [6.45, 7) is 25.6. The smallest absolute Gasteiger partial charge is 0.138 e. The van der Waals surface area contributed by atoms with E-state index in [-0.39, 0.29) is 12.2 Å². The number of nitrogens with zero attached hydrogens (tertiary/aromatic N) is 15. The molecule has 14 heterocycles. The van der Waals surface area contributed by atoms with Gasteiger partial charge in [0.2, 0.25) is 0 Å². The van der Waals surface area contributed by atoms with Crippen molar-refractivity contribution >= 4 is 164 Å². The van der Waals surface area contributed by atoms with Crippen LogP contribution < -0.4 is 37.6 Å². The van der Waals surface area contributed by atoms with Crippen LogP contribution in [0.5, 0.6) is 0 Å². The van der Waals surface area contributed by atoms with Crippen molar-refractivity contribution in [3.8, 4) is 0 Å². The quantitative estimate of drug-likeness (QED) is 0.0386. The number of aryl methyl sites for hydroxylation is 6.